The Kier molecular flexibility index (Phi) is 4.36. The number of nitrogens with zero attached hydrogens (tertiary/aromatic N) is 4. The number of nitrogens with one attached hydrogen (secondary N) is 1. The molecule has 1 N–H and O–H groups in total. The van der Waals surface area contributed by atoms with Gasteiger partial charge < -0.3 is 15.1 Å². The first kappa shape index (κ1) is 13.1. The van der Waals surface area contributed by atoms with Crippen molar-refractivity contribution in [2.75, 3.05) is 50.5 Å². The molecule has 5 nitrogen and oxygen atoms in total. The summed E-state index contributed by atoms with van der Waals surface area (Å²) in [6, 6.07) is 2.05. The van der Waals surface area contributed by atoms with Crippen LogP contribution in [-0.4, -0.2) is 55.1 Å². The van der Waals surface area contributed by atoms with E-state index in [-0.39, 0.29) is 0 Å². The molecular formula is C13H23N5. The summed E-state index contributed by atoms with van der Waals surface area (Å²) < 4.78 is 0. The zero-order chi connectivity index (χ0) is 13.0. The van der Waals surface area contributed by atoms with Crippen LogP contribution in [0, 0.1) is 0 Å². The van der Waals surface area contributed by atoms with Crippen LogP contribution in [0.2, 0.25) is 0 Å². The van der Waals surface area contributed by atoms with Gasteiger partial charge in [0.1, 0.15) is 17.5 Å². The van der Waals surface area contributed by atoms with E-state index in [1.165, 1.54) is 0 Å². The summed E-state index contributed by atoms with van der Waals surface area (Å²) in [4.78, 5) is 13.9. The number of piperazine rings is 1. The largest absolute Gasteiger partial charge is 0.373 e. The molecule has 0 aromatic carbocycles. The second-order valence-electron chi connectivity index (χ2n) is 4.82. The molecule has 0 bridgehead atoms. The minimum absolute atomic E-state index is 0.919. The van der Waals surface area contributed by atoms with Crippen molar-refractivity contribution >= 4 is 11.6 Å². The highest BCUT2D eigenvalue weighted by Gasteiger charge is 2.16. The topological polar surface area (TPSA) is 44.3 Å². The number of aryl methyl sites for hydroxylation is 1. The van der Waals surface area contributed by atoms with Crippen LogP contribution in [0.5, 0.6) is 0 Å². The third-order valence-electron chi connectivity index (χ3n) is 3.32. The van der Waals surface area contributed by atoms with E-state index in [0.29, 0.717) is 0 Å². The Balaban J connectivity index is 2.17. The molecule has 1 fully saturated rings. The van der Waals surface area contributed by atoms with Crippen LogP contribution in [0.1, 0.15) is 19.2 Å². The summed E-state index contributed by atoms with van der Waals surface area (Å²) in [6.45, 7) is 6.44. The van der Waals surface area contributed by atoms with Crippen LogP contribution < -0.4 is 10.2 Å². The Bertz CT molecular complexity index is 385. The molecule has 18 heavy (non-hydrogen) atoms. The molecule has 1 saturated heterocycles. The monoisotopic (exact) mass is 249 g/mol. The second-order valence-corrected chi connectivity index (χ2v) is 4.82. The van der Waals surface area contributed by atoms with Crippen LogP contribution in [0.3, 0.4) is 0 Å². The van der Waals surface area contributed by atoms with Crippen LogP contribution >= 0.6 is 0 Å². The van der Waals surface area contributed by atoms with Gasteiger partial charge >= 0.3 is 0 Å². The minimum Gasteiger partial charge on any atom is -0.373 e. The first-order valence-corrected chi connectivity index (χ1v) is 6.72. The highest BCUT2D eigenvalue weighted by atomic mass is 15.3. The summed E-state index contributed by atoms with van der Waals surface area (Å²) >= 11 is 0. The fourth-order valence-electron chi connectivity index (χ4n) is 2.14. The number of aromatic nitrogens is 2. The third-order valence-corrected chi connectivity index (χ3v) is 3.32. The van der Waals surface area contributed by atoms with Crippen LogP contribution in [0.25, 0.3) is 0 Å². The first-order chi connectivity index (χ1) is 8.72. The van der Waals surface area contributed by atoms with Gasteiger partial charge in [-0.1, -0.05) is 6.92 Å². The Labute approximate surface area is 109 Å². The van der Waals surface area contributed by atoms with Crippen molar-refractivity contribution in [3.05, 3.63) is 11.9 Å². The SMILES string of the molecule is CCCc1nc(NC)cc(N2CCN(C)CC2)n1. The molecule has 0 aliphatic carbocycles. The standard InChI is InChI=1S/C13H23N5/c1-4-5-11-15-12(14-2)10-13(16-11)18-8-6-17(3)7-9-18/h10H,4-9H2,1-3H3,(H,14,15,16). The summed E-state index contributed by atoms with van der Waals surface area (Å²) in [5, 5.41) is 3.13. The average molecular weight is 249 g/mol. The Morgan fingerprint density at radius 1 is 1.22 bits per heavy atom. The first-order valence-electron chi connectivity index (χ1n) is 6.72. The average Bonchev–Trinajstić information content (AvgIpc) is 2.39. The van der Waals surface area contributed by atoms with Crippen molar-refractivity contribution in [3.63, 3.8) is 0 Å². The van der Waals surface area contributed by atoms with E-state index in [9.17, 15) is 0 Å². The lowest BCUT2D eigenvalue weighted by Crippen LogP contribution is -2.44. The predicted molar refractivity (Wildman–Crippen MR) is 75.3 cm³/mol. The van der Waals surface area contributed by atoms with Crippen molar-refractivity contribution < 1.29 is 0 Å². The van der Waals surface area contributed by atoms with Crippen LogP contribution in [0.15, 0.2) is 6.07 Å². The molecule has 0 atom stereocenters. The number of hydrogen-bond donors (Lipinski definition) is 1. The lowest BCUT2D eigenvalue weighted by Gasteiger charge is -2.33. The van der Waals surface area contributed by atoms with E-state index in [0.717, 1.165) is 56.5 Å². The van der Waals surface area contributed by atoms with Crippen molar-refractivity contribution in [2.45, 2.75) is 19.8 Å². The third kappa shape index (κ3) is 3.10. The molecule has 0 unspecified atom stereocenters. The predicted octanol–water partition coefficient (Wildman–Crippen LogP) is 1.22. The lowest BCUT2D eigenvalue weighted by molar-refractivity contribution is 0.312. The van der Waals surface area contributed by atoms with Crippen molar-refractivity contribution in [1.82, 2.24) is 14.9 Å². The molecule has 1 aliphatic heterocycles. The van der Waals surface area contributed by atoms with Gasteiger partial charge in [0.2, 0.25) is 0 Å². The van der Waals surface area contributed by atoms with Gasteiger partial charge in [-0.25, -0.2) is 9.97 Å². The van der Waals surface area contributed by atoms with E-state index < -0.39 is 0 Å². The summed E-state index contributed by atoms with van der Waals surface area (Å²) in [5.74, 6) is 2.92. The van der Waals surface area contributed by atoms with Crippen molar-refractivity contribution in [1.29, 1.82) is 0 Å². The number of hydrogen-bond acceptors (Lipinski definition) is 5. The maximum absolute atomic E-state index is 4.68. The zero-order valence-electron chi connectivity index (χ0n) is 11.6. The van der Waals surface area contributed by atoms with Gasteiger partial charge in [-0.3, -0.25) is 0 Å². The molecule has 0 saturated carbocycles. The molecule has 2 rings (SSSR count). The van der Waals surface area contributed by atoms with Gasteiger partial charge in [0.05, 0.1) is 0 Å². The fraction of sp³-hybridized carbons (Fsp3) is 0.692. The molecule has 2 heterocycles. The van der Waals surface area contributed by atoms with E-state index >= 15 is 0 Å². The normalized spacial score (nSPS) is 16.9. The maximum atomic E-state index is 4.68. The van der Waals surface area contributed by atoms with E-state index in [4.69, 9.17) is 0 Å². The lowest BCUT2D eigenvalue weighted by atomic mass is 10.3. The van der Waals surface area contributed by atoms with Gasteiger partial charge in [-0.15, -0.1) is 0 Å². The zero-order valence-corrected chi connectivity index (χ0v) is 11.6. The quantitative estimate of drug-likeness (QED) is 0.869. The fourth-order valence-corrected chi connectivity index (χ4v) is 2.14. The molecule has 5 heteroatoms. The summed E-state index contributed by atoms with van der Waals surface area (Å²) in [5.41, 5.74) is 0. The molecule has 0 spiro atoms. The molecule has 0 radical (unpaired) electrons. The van der Waals surface area contributed by atoms with Gasteiger partial charge in [-0.05, 0) is 13.5 Å². The maximum Gasteiger partial charge on any atom is 0.134 e. The van der Waals surface area contributed by atoms with Crippen molar-refractivity contribution in [3.8, 4) is 0 Å². The van der Waals surface area contributed by atoms with E-state index in [1.807, 2.05) is 13.1 Å². The van der Waals surface area contributed by atoms with Gasteiger partial charge in [0, 0.05) is 45.7 Å². The number of anilines is 2. The molecule has 1 aliphatic rings. The molecule has 1 aromatic heterocycles. The van der Waals surface area contributed by atoms with Crippen molar-refractivity contribution in [2.24, 2.45) is 0 Å². The minimum atomic E-state index is 0.919. The van der Waals surface area contributed by atoms with E-state index in [2.05, 4.69) is 39.1 Å². The molecule has 1 aromatic rings. The van der Waals surface area contributed by atoms with Gasteiger partial charge in [-0.2, -0.15) is 0 Å². The van der Waals surface area contributed by atoms with Gasteiger partial charge in [0.15, 0.2) is 0 Å². The highest BCUT2D eigenvalue weighted by Crippen LogP contribution is 2.17. The second kappa shape index (κ2) is 6.00. The Hall–Kier alpha value is -1.36. The van der Waals surface area contributed by atoms with Crippen LogP contribution in [0.4, 0.5) is 11.6 Å². The molecule has 0 amide bonds. The smallest absolute Gasteiger partial charge is 0.134 e. The summed E-state index contributed by atoms with van der Waals surface area (Å²) in [6.07, 6.45) is 2.02. The van der Waals surface area contributed by atoms with Crippen LogP contribution in [-0.2, 0) is 6.42 Å². The Morgan fingerprint density at radius 3 is 2.56 bits per heavy atom. The highest BCUT2D eigenvalue weighted by molar-refractivity contribution is 5.49. The summed E-state index contributed by atoms with van der Waals surface area (Å²) in [7, 11) is 4.07. The van der Waals surface area contributed by atoms with E-state index in [1.54, 1.807) is 0 Å². The number of rotatable bonds is 4. The Morgan fingerprint density at radius 2 is 1.94 bits per heavy atom. The number of likely N-dealkylation sites (N-methyl/N-ethyl adjacent to an activating group) is 1. The van der Waals surface area contributed by atoms with Gasteiger partial charge in [0.25, 0.3) is 0 Å². The molecular weight excluding hydrogens is 226 g/mol. The molecule has 100 valence electrons.